The summed E-state index contributed by atoms with van der Waals surface area (Å²) >= 11 is 0. The van der Waals surface area contributed by atoms with Crippen LogP contribution in [0.25, 0.3) is 0 Å². The molecule has 142 valence electrons. The number of hydrogen-bond acceptors (Lipinski definition) is 3. The van der Waals surface area contributed by atoms with Crippen molar-refractivity contribution in [2.45, 2.75) is 31.6 Å². The van der Waals surface area contributed by atoms with Gasteiger partial charge in [0.15, 0.2) is 6.61 Å². The molecule has 27 heavy (non-hydrogen) atoms. The van der Waals surface area contributed by atoms with Crippen molar-refractivity contribution in [3.8, 4) is 5.75 Å². The summed E-state index contributed by atoms with van der Waals surface area (Å²) in [6.45, 7) is 2.88. The van der Waals surface area contributed by atoms with E-state index in [-0.39, 0.29) is 12.5 Å². The summed E-state index contributed by atoms with van der Waals surface area (Å²) < 4.78 is 5.60. The number of aryl methyl sites for hydroxylation is 1. The van der Waals surface area contributed by atoms with Gasteiger partial charge in [-0.05, 0) is 42.5 Å². The quantitative estimate of drug-likeness (QED) is 0.851. The molecule has 1 N–H and O–H groups in total. The van der Waals surface area contributed by atoms with Gasteiger partial charge in [-0.25, -0.2) is 0 Å². The zero-order valence-corrected chi connectivity index (χ0v) is 15.6. The largest absolute Gasteiger partial charge is 0.484 e. The summed E-state index contributed by atoms with van der Waals surface area (Å²) in [5.41, 5.74) is 1.10. The maximum Gasteiger partial charge on any atom is 0.314 e. The van der Waals surface area contributed by atoms with E-state index < -0.39 is 11.4 Å². The van der Waals surface area contributed by atoms with Gasteiger partial charge in [0.1, 0.15) is 5.75 Å². The average Bonchev–Trinajstić information content (AvgIpc) is 2.73. The summed E-state index contributed by atoms with van der Waals surface area (Å²) in [4.78, 5) is 26.2. The number of piperidine rings is 1. The van der Waals surface area contributed by atoms with Gasteiger partial charge in [0, 0.05) is 13.1 Å². The summed E-state index contributed by atoms with van der Waals surface area (Å²) in [5.74, 6) is -0.267. The predicted molar refractivity (Wildman–Crippen MR) is 103 cm³/mol. The number of aliphatic carboxylic acids is 1. The summed E-state index contributed by atoms with van der Waals surface area (Å²) in [7, 11) is 0. The van der Waals surface area contributed by atoms with Crippen molar-refractivity contribution in [1.29, 1.82) is 0 Å². The summed E-state index contributed by atoms with van der Waals surface area (Å²) in [5, 5.41) is 9.83. The van der Waals surface area contributed by atoms with Crippen molar-refractivity contribution in [3.05, 3.63) is 65.7 Å². The number of carbonyl (C=O) groups excluding carboxylic acids is 1. The standard InChI is InChI=1S/C22H25NO4/c1-2-17-8-10-19(11-9-17)27-16-20(24)23-14-12-22(13-15-23,21(25)26)18-6-4-3-5-7-18/h3-11H,2,12-16H2,1H3,(H,25,26). The van der Waals surface area contributed by atoms with Crippen LogP contribution >= 0.6 is 0 Å². The van der Waals surface area contributed by atoms with E-state index in [4.69, 9.17) is 4.74 Å². The lowest BCUT2D eigenvalue weighted by molar-refractivity contribution is -0.148. The number of benzene rings is 2. The predicted octanol–water partition coefficient (Wildman–Crippen LogP) is 3.27. The van der Waals surface area contributed by atoms with Gasteiger partial charge in [-0.15, -0.1) is 0 Å². The Bertz CT molecular complexity index is 778. The number of carbonyl (C=O) groups is 2. The first-order valence-corrected chi connectivity index (χ1v) is 9.33. The molecule has 1 aliphatic rings. The molecule has 0 aromatic heterocycles. The summed E-state index contributed by atoms with van der Waals surface area (Å²) in [6, 6.07) is 17.0. The van der Waals surface area contributed by atoms with E-state index in [0.717, 1.165) is 12.0 Å². The molecule has 2 aromatic rings. The molecular weight excluding hydrogens is 342 g/mol. The van der Waals surface area contributed by atoms with Crippen molar-refractivity contribution in [3.63, 3.8) is 0 Å². The number of ether oxygens (including phenoxy) is 1. The molecule has 0 aliphatic carbocycles. The van der Waals surface area contributed by atoms with E-state index in [1.165, 1.54) is 5.56 Å². The highest BCUT2D eigenvalue weighted by Gasteiger charge is 2.43. The van der Waals surface area contributed by atoms with Crippen LogP contribution in [0.15, 0.2) is 54.6 Å². The third kappa shape index (κ3) is 4.13. The molecule has 0 spiro atoms. The lowest BCUT2D eigenvalue weighted by Gasteiger charge is -2.39. The van der Waals surface area contributed by atoms with Gasteiger partial charge in [-0.1, -0.05) is 49.4 Å². The normalized spacial score (nSPS) is 16.0. The zero-order chi connectivity index (χ0) is 19.3. The Balaban J connectivity index is 1.59. The van der Waals surface area contributed by atoms with Crippen LogP contribution in [0.4, 0.5) is 0 Å². The van der Waals surface area contributed by atoms with Crippen LogP contribution in [0.3, 0.4) is 0 Å². The van der Waals surface area contributed by atoms with Crippen molar-refractivity contribution in [1.82, 2.24) is 4.90 Å². The van der Waals surface area contributed by atoms with Gasteiger partial charge in [-0.2, -0.15) is 0 Å². The fourth-order valence-corrected chi connectivity index (χ4v) is 3.58. The maximum atomic E-state index is 12.5. The van der Waals surface area contributed by atoms with Gasteiger partial charge >= 0.3 is 5.97 Å². The molecule has 0 unspecified atom stereocenters. The van der Waals surface area contributed by atoms with E-state index in [0.29, 0.717) is 31.7 Å². The van der Waals surface area contributed by atoms with E-state index >= 15 is 0 Å². The minimum Gasteiger partial charge on any atom is -0.484 e. The Kier molecular flexibility index (Phi) is 5.79. The maximum absolute atomic E-state index is 12.5. The SMILES string of the molecule is CCc1ccc(OCC(=O)N2CCC(C(=O)O)(c3ccccc3)CC2)cc1. The Morgan fingerprint density at radius 3 is 2.22 bits per heavy atom. The number of nitrogens with zero attached hydrogens (tertiary/aromatic N) is 1. The minimum atomic E-state index is -0.922. The molecule has 1 aliphatic heterocycles. The molecule has 0 atom stereocenters. The monoisotopic (exact) mass is 367 g/mol. The Morgan fingerprint density at radius 1 is 1.04 bits per heavy atom. The molecule has 1 fully saturated rings. The van der Waals surface area contributed by atoms with Crippen molar-refractivity contribution >= 4 is 11.9 Å². The lowest BCUT2D eigenvalue weighted by atomic mass is 9.73. The highest BCUT2D eigenvalue weighted by molar-refractivity contribution is 5.83. The average molecular weight is 367 g/mol. The first-order valence-electron chi connectivity index (χ1n) is 9.33. The molecular formula is C22H25NO4. The topological polar surface area (TPSA) is 66.8 Å². The Hall–Kier alpha value is -2.82. The van der Waals surface area contributed by atoms with E-state index in [9.17, 15) is 14.7 Å². The van der Waals surface area contributed by atoms with Gasteiger partial charge in [0.05, 0.1) is 5.41 Å². The van der Waals surface area contributed by atoms with Crippen LogP contribution < -0.4 is 4.74 Å². The van der Waals surface area contributed by atoms with Crippen LogP contribution in [0.5, 0.6) is 5.75 Å². The molecule has 0 bridgehead atoms. The fourth-order valence-electron chi connectivity index (χ4n) is 3.58. The Labute approximate surface area is 159 Å². The number of hydrogen-bond donors (Lipinski definition) is 1. The molecule has 1 amide bonds. The summed E-state index contributed by atoms with van der Waals surface area (Å²) in [6.07, 6.45) is 1.77. The lowest BCUT2D eigenvalue weighted by Crippen LogP contribution is -2.50. The second kappa shape index (κ2) is 8.25. The third-order valence-electron chi connectivity index (χ3n) is 5.40. The van der Waals surface area contributed by atoms with Gasteiger partial charge in [0.25, 0.3) is 5.91 Å². The number of rotatable bonds is 6. The van der Waals surface area contributed by atoms with E-state index in [2.05, 4.69) is 6.92 Å². The highest BCUT2D eigenvalue weighted by Crippen LogP contribution is 2.35. The molecule has 1 saturated heterocycles. The molecule has 0 saturated carbocycles. The molecule has 1 heterocycles. The van der Waals surface area contributed by atoms with Crippen molar-refractivity contribution in [2.75, 3.05) is 19.7 Å². The number of likely N-dealkylation sites (tertiary alicyclic amines) is 1. The number of carboxylic acids is 1. The second-order valence-electron chi connectivity index (χ2n) is 6.92. The minimum absolute atomic E-state index is 0.0309. The van der Waals surface area contributed by atoms with Gasteiger partial charge < -0.3 is 14.7 Å². The van der Waals surface area contributed by atoms with Crippen LogP contribution in [-0.2, 0) is 21.4 Å². The zero-order valence-electron chi connectivity index (χ0n) is 15.6. The third-order valence-corrected chi connectivity index (χ3v) is 5.40. The number of carboxylic acid groups (broad SMARTS) is 1. The van der Waals surface area contributed by atoms with Crippen LogP contribution in [0.2, 0.25) is 0 Å². The first-order chi connectivity index (χ1) is 13.0. The first kappa shape index (κ1) is 19.0. The molecule has 5 nitrogen and oxygen atoms in total. The van der Waals surface area contributed by atoms with Crippen LogP contribution in [0, 0.1) is 0 Å². The van der Waals surface area contributed by atoms with E-state index in [1.54, 1.807) is 4.90 Å². The molecule has 2 aromatic carbocycles. The van der Waals surface area contributed by atoms with Gasteiger partial charge in [0.2, 0.25) is 0 Å². The van der Waals surface area contributed by atoms with Crippen LogP contribution in [0.1, 0.15) is 30.9 Å². The highest BCUT2D eigenvalue weighted by atomic mass is 16.5. The van der Waals surface area contributed by atoms with E-state index in [1.807, 2.05) is 54.6 Å². The number of amides is 1. The van der Waals surface area contributed by atoms with Gasteiger partial charge in [-0.3, -0.25) is 9.59 Å². The van der Waals surface area contributed by atoms with Crippen LogP contribution in [-0.4, -0.2) is 41.6 Å². The smallest absolute Gasteiger partial charge is 0.314 e. The van der Waals surface area contributed by atoms with Crippen molar-refractivity contribution in [2.24, 2.45) is 0 Å². The molecule has 0 radical (unpaired) electrons. The fraction of sp³-hybridized carbons (Fsp3) is 0.364. The van der Waals surface area contributed by atoms with Crippen molar-refractivity contribution < 1.29 is 19.4 Å². The Morgan fingerprint density at radius 2 is 1.67 bits per heavy atom. The molecule has 5 heteroatoms. The molecule has 3 rings (SSSR count). The second-order valence-corrected chi connectivity index (χ2v) is 6.92.